The molecule has 8 atom stereocenters. The molecule has 20 nitrogen and oxygen atoms in total. The summed E-state index contributed by atoms with van der Waals surface area (Å²) in [6, 6.07) is 6.90. The minimum atomic E-state index is -4.15. The zero-order valence-corrected chi connectivity index (χ0v) is 36.6. The highest BCUT2D eigenvalue weighted by Gasteiger charge is 2.53. The fourth-order valence-electron chi connectivity index (χ4n) is 6.75. The molecule has 2 aromatic carbocycles. The predicted octanol–water partition coefficient (Wildman–Crippen LogP) is 3.35. The number of esters is 4. The number of carbonyl (C=O) groups is 5. The van der Waals surface area contributed by atoms with E-state index < -0.39 is 118 Å². The molecule has 2 aliphatic rings. The quantitative estimate of drug-likeness (QED) is 0.0868. The number of nitro groups is 1. The first-order valence-corrected chi connectivity index (χ1v) is 21.3. The third-order valence-electron chi connectivity index (χ3n) is 9.84. The Bertz CT molecular complexity index is 2100. The smallest absolute Gasteiger partial charge is 0.303 e. The number of sulfonamides is 1. The number of hydrogen-bond donors (Lipinski definition) is 0. The van der Waals surface area contributed by atoms with Crippen LogP contribution in [0.2, 0.25) is 0 Å². The number of hydrogen-bond acceptors (Lipinski definition) is 17. The van der Waals surface area contributed by atoms with E-state index in [9.17, 15) is 46.9 Å². The number of rotatable bonds is 14. The van der Waals surface area contributed by atoms with E-state index in [0.29, 0.717) is 6.42 Å². The molecule has 1 fully saturated rings. The first-order valence-electron chi connectivity index (χ1n) is 19.8. The Kier molecular flexibility index (Phi) is 18.0. The third-order valence-corrected chi connectivity index (χ3v) is 11.7. The number of non-ortho nitro benzene ring substituents is 1. The summed E-state index contributed by atoms with van der Waals surface area (Å²) in [6.07, 6.45) is -4.57. The van der Waals surface area contributed by atoms with Crippen LogP contribution in [0.1, 0.15) is 58.3 Å². The van der Waals surface area contributed by atoms with Crippen molar-refractivity contribution in [3.05, 3.63) is 76.1 Å². The third kappa shape index (κ3) is 14.0. The van der Waals surface area contributed by atoms with Gasteiger partial charge in [-0.15, -0.1) is 0 Å². The topological polar surface area (TPSA) is 243 Å². The van der Waals surface area contributed by atoms with Crippen LogP contribution in [0, 0.1) is 21.8 Å². The maximum Gasteiger partial charge on any atom is 0.303 e. The van der Waals surface area contributed by atoms with Gasteiger partial charge in [-0.25, -0.2) is 12.8 Å². The summed E-state index contributed by atoms with van der Waals surface area (Å²) >= 11 is 0. The molecule has 63 heavy (non-hydrogen) atoms. The maximum atomic E-state index is 14.8. The van der Waals surface area contributed by atoms with Gasteiger partial charge in [-0.1, -0.05) is 19.1 Å². The molecule has 0 aliphatic carbocycles. The van der Waals surface area contributed by atoms with E-state index in [1.54, 1.807) is 26.0 Å². The summed E-state index contributed by atoms with van der Waals surface area (Å²) in [5, 5.41) is 11.9. The summed E-state index contributed by atoms with van der Waals surface area (Å²) in [5.41, 5.74) is -0.583. The van der Waals surface area contributed by atoms with E-state index in [1.165, 1.54) is 24.1 Å². The molecule has 2 aliphatic heterocycles. The normalized spacial score (nSPS) is 24.4. The van der Waals surface area contributed by atoms with Crippen molar-refractivity contribution in [2.24, 2.45) is 5.92 Å². The van der Waals surface area contributed by atoms with Crippen LogP contribution in [0.4, 0.5) is 10.1 Å². The van der Waals surface area contributed by atoms with Crippen LogP contribution in [0.5, 0.6) is 5.75 Å². The molecule has 2 unspecified atom stereocenters. The molecule has 1 saturated heterocycles. The summed E-state index contributed by atoms with van der Waals surface area (Å²) < 4.78 is 87.9. The number of benzene rings is 2. The van der Waals surface area contributed by atoms with Crippen molar-refractivity contribution in [2.45, 2.75) is 95.7 Å². The van der Waals surface area contributed by atoms with Crippen molar-refractivity contribution in [1.29, 1.82) is 0 Å². The first kappa shape index (κ1) is 50.1. The molecule has 0 aromatic heterocycles. The van der Waals surface area contributed by atoms with Crippen LogP contribution in [0.25, 0.3) is 0 Å². The number of likely N-dealkylation sites (N-methyl/N-ethyl adjacent to an activating group) is 1. The molecule has 0 radical (unpaired) electrons. The highest BCUT2D eigenvalue weighted by atomic mass is 32.2. The molecule has 2 heterocycles. The largest absolute Gasteiger partial charge is 0.492 e. The van der Waals surface area contributed by atoms with Crippen molar-refractivity contribution < 1.29 is 79.6 Å². The predicted molar refractivity (Wildman–Crippen MR) is 216 cm³/mol. The number of fused-ring (bicyclic) bond motifs is 1. The maximum absolute atomic E-state index is 14.8. The van der Waals surface area contributed by atoms with E-state index >= 15 is 0 Å². The average Bonchev–Trinajstić information content (AvgIpc) is 3.21. The van der Waals surface area contributed by atoms with E-state index in [0.717, 1.165) is 62.3 Å². The second-order valence-corrected chi connectivity index (χ2v) is 16.9. The molecule has 0 N–H and O–H groups in total. The SMILES string of the molecule is CC(=O)OC[C@H]1OC(OC[C@H](C)N2C[C@@H](C)[C@H](CN(C)S(=O)(=O)c3ccc(F)cc3)OC/C=C/CCOc3ccc([N+](=O)[O-])cc3C2=O)C(OC(C)=O)[C@@H](OC(C)=O)[C@H]1OC(C)=O. The van der Waals surface area contributed by atoms with Gasteiger partial charge >= 0.3 is 23.9 Å². The Morgan fingerprint density at radius 3 is 2.19 bits per heavy atom. The zero-order valence-electron chi connectivity index (χ0n) is 35.8. The van der Waals surface area contributed by atoms with Crippen LogP contribution >= 0.6 is 0 Å². The molecule has 0 bridgehead atoms. The summed E-state index contributed by atoms with van der Waals surface area (Å²) in [7, 11) is -2.82. The Labute approximate surface area is 363 Å². The van der Waals surface area contributed by atoms with Gasteiger partial charge in [0.25, 0.3) is 11.6 Å². The molecular weight excluding hydrogens is 858 g/mol. The molecule has 4 rings (SSSR count). The van der Waals surface area contributed by atoms with Crippen molar-refractivity contribution in [3.63, 3.8) is 0 Å². The molecule has 346 valence electrons. The van der Waals surface area contributed by atoms with Crippen LogP contribution in [0.15, 0.2) is 59.5 Å². The van der Waals surface area contributed by atoms with Crippen molar-refractivity contribution in [1.82, 2.24) is 9.21 Å². The molecule has 22 heteroatoms. The van der Waals surface area contributed by atoms with Gasteiger partial charge in [0.15, 0.2) is 24.6 Å². The number of carbonyl (C=O) groups excluding carboxylic acids is 5. The van der Waals surface area contributed by atoms with Crippen molar-refractivity contribution in [2.75, 3.05) is 46.6 Å². The van der Waals surface area contributed by atoms with Crippen molar-refractivity contribution in [3.8, 4) is 5.75 Å². The number of amides is 1. The number of nitro benzene ring substituents is 1. The van der Waals surface area contributed by atoms with Gasteiger partial charge in [0, 0.05) is 65.9 Å². The Morgan fingerprint density at radius 1 is 0.937 bits per heavy atom. The molecule has 0 spiro atoms. The van der Waals surface area contributed by atoms with Gasteiger partial charge in [0.1, 0.15) is 24.3 Å². The number of ether oxygens (including phenoxy) is 8. The lowest BCUT2D eigenvalue weighted by atomic mass is 9.98. The van der Waals surface area contributed by atoms with E-state index in [1.807, 2.05) is 0 Å². The number of nitrogens with zero attached hydrogens (tertiary/aromatic N) is 3. The average molecular weight is 910 g/mol. The second kappa shape index (κ2) is 22.7. The van der Waals surface area contributed by atoms with Gasteiger partial charge in [0.05, 0.1) is 47.3 Å². The molecule has 1 amide bonds. The lowest BCUT2D eigenvalue weighted by Crippen LogP contribution is -2.63. The molecule has 2 aromatic rings. The highest BCUT2D eigenvalue weighted by Crippen LogP contribution is 2.32. The Balaban J connectivity index is 1.75. The fourth-order valence-corrected chi connectivity index (χ4v) is 7.94. The monoisotopic (exact) mass is 909 g/mol. The minimum absolute atomic E-state index is 0.0394. The second-order valence-electron chi connectivity index (χ2n) is 14.8. The molecule has 0 saturated carbocycles. The van der Waals surface area contributed by atoms with Gasteiger partial charge in [0.2, 0.25) is 10.0 Å². The van der Waals surface area contributed by atoms with E-state index in [-0.39, 0.29) is 42.5 Å². The Hall–Kier alpha value is -5.55. The lowest BCUT2D eigenvalue weighted by Gasteiger charge is -2.44. The van der Waals surface area contributed by atoms with E-state index in [4.69, 9.17) is 37.9 Å². The summed E-state index contributed by atoms with van der Waals surface area (Å²) in [5.74, 6) is -5.30. The standard InChI is InChI=1S/C41H52FN3O17S/c1-24-20-44(25(2)22-58-41-39(61-29(6)49)38(60-28(5)48)37(59-27(4)47)36(62-41)23-57-26(3)46)40(50)33-19-31(45(51)52)13-16-34(33)55-17-9-8-10-18-56-35(24)21-43(7)63(53,54)32-14-11-30(42)12-15-32/h8,10-16,19,24-25,35-39,41H,9,17-18,20-23H2,1-7H3/b10-8+/t24-,25+,35+,36-,37+,38+,39?,41?/m1/s1. The van der Waals surface area contributed by atoms with E-state index in [2.05, 4.69) is 0 Å². The lowest BCUT2D eigenvalue weighted by molar-refractivity contribution is -0.384. The number of halogens is 1. The zero-order chi connectivity index (χ0) is 46.6. The van der Waals surface area contributed by atoms with Gasteiger partial charge in [-0.05, 0) is 43.7 Å². The fraction of sp³-hybridized carbons (Fsp3) is 0.537. The molecular formula is C41H52FN3O17S. The Morgan fingerprint density at radius 2 is 1.57 bits per heavy atom. The van der Waals surface area contributed by atoms with Gasteiger partial charge in [-0.2, -0.15) is 4.31 Å². The summed E-state index contributed by atoms with van der Waals surface area (Å²) in [4.78, 5) is 76.0. The van der Waals surface area contributed by atoms with Gasteiger partial charge < -0.3 is 42.8 Å². The van der Waals surface area contributed by atoms with Crippen LogP contribution in [0.3, 0.4) is 0 Å². The van der Waals surface area contributed by atoms with Gasteiger partial charge in [-0.3, -0.25) is 34.1 Å². The van der Waals surface area contributed by atoms with Crippen LogP contribution in [-0.2, 0) is 62.4 Å². The van der Waals surface area contributed by atoms with Crippen LogP contribution < -0.4 is 4.74 Å². The first-order chi connectivity index (χ1) is 29.7. The summed E-state index contributed by atoms with van der Waals surface area (Å²) in [6.45, 7) is 6.35. The van der Waals surface area contributed by atoms with Crippen molar-refractivity contribution >= 4 is 45.5 Å². The van der Waals surface area contributed by atoms with Crippen LogP contribution in [-0.4, -0.2) is 142 Å². The minimum Gasteiger partial charge on any atom is -0.492 e. The highest BCUT2D eigenvalue weighted by molar-refractivity contribution is 7.89.